The minimum Gasteiger partial charge on any atom is -0.493 e. The maximum atomic E-state index is 6.25. The molecule has 0 radical (unpaired) electrons. The van der Waals surface area contributed by atoms with Crippen LogP contribution < -0.4 is 10.1 Å². The summed E-state index contributed by atoms with van der Waals surface area (Å²) in [5, 5.41) is 4.51. The maximum absolute atomic E-state index is 6.25. The molecular formula is C16H21ClN2O. The summed E-state index contributed by atoms with van der Waals surface area (Å²) in [6, 6.07) is 4.83. The second kappa shape index (κ2) is 5.21. The van der Waals surface area contributed by atoms with Crippen molar-refractivity contribution in [3.05, 3.63) is 28.3 Å². The van der Waals surface area contributed by atoms with Crippen molar-refractivity contribution >= 4 is 11.6 Å². The molecule has 0 saturated carbocycles. The number of ether oxygens (including phenoxy) is 1. The third-order valence-corrected chi connectivity index (χ3v) is 5.11. The van der Waals surface area contributed by atoms with E-state index in [0.717, 1.165) is 42.8 Å². The molecule has 2 atom stereocenters. The van der Waals surface area contributed by atoms with Crippen LogP contribution in [0.25, 0.3) is 0 Å². The summed E-state index contributed by atoms with van der Waals surface area (Å²) < 4.78 is 5.81. The molecule has 0 unspecified atom stereocenters. The Bertz CT molecular complexity index is 505. The number of rotatable bonds is 2. The second-order valence-corrected chi connectivity index (χ2v) is 6.75. The third kappa shape index (κ3) is 2.32. The summed E-state index contributed by atoms with van der Waals surface area (Å²) in [6.07, 6.45) is 3.69. The molecule has 3 aliphatic rings. The molecule has 2 fully saturated rings. The van der Waals surface area contributed by atoms with Crippen molar-refractivity contribution < 1.29 is 4.74 Å². The number of fused-ring (bicyclic) bond motifs is 2. The van der Waals surface area contributed by atoms with E-state index in [1.165, 1.54) is 37.1 Å². The van der Waals surface area contributed by atoms with E-state index in [2.05, 4.69) is 22.3 Å². The molecule has 0 amide bonds. The number of likely N-dealkylation sites (tertiary alicyclic amines) is 1. The Balaban J connectivity index is 1.52. The molecule has 1 aromatic rings. The van der Waals surface area contributed by atoms with Crippen LogP contribution in [-0.2, 0) is 13.0 Å². The van der Waals surface area contributed by atoms with Gasteiger partial charge in [0.05, 0.1) is 6.61 Å². The minimum absolute atomic E-state index is 0.692. The summed E-state index contributed by atoms with van der Waals surface area (Å²) in [7, 11) is 0. The molecule has 3 aliphatic heterocycles. The van der Waals surface area contributed by atoms with Crippen LogP contribution in [0.1, 0.15) is 24.0 Å². The first kappa shape index (κ1) is 12.9. The lowest BCUT2D eigenvalue weighted by Gasteiger charge is -2.24. The van der Waals surface area contributed by atoms with E-state index in [1.807, 2.05) is 0 Å². The van der Waals surface area contributed by atoms with Crippen LogP contribution in [-0.4, -0.2) is 37.2 Å². The number of nitrogens with one attached hydrogen (secondary N) is 1. The highest BCUT2D eigenvalue weighted by atomic mass is 35.5. The van der Waals surface area contributed by atoms with Crippen molar-refractivity contribution in [3.63, 3.8) is 0 Å². The SMILES string of the molecule is Clc1cc2c(c(CN3C[C@@H]4CCCN[C@@H]4C3)c1)OCC2. The van der Waals surface area contributed by atoms with Crippen molar-refractivity contribution in [3.8, 4) is 5.75 Å². The largest absolute Gasteiger partial charge is 0.493 e. The van der Waals surface area contributed by atoms with Crippen LogP contribution in [0.15, 0.2) is 12.1 Å². The van der Waals surface area contributed by atoms with E-state index in [9.17, 15) is 0 Å². The quantitative estimate of drug-likeness (QED) is 0.906. The van der Waals surface area contributed by atoms with E-state index in [1.54, 1.807) is 0 Å². The van der Waals surface area contributed by atoms with E-state index in [-0.39, 0.29) is 0 Å². The second-order valence-electron chi connectivity index (χ2n) is 6.31. The standard InChI is InChI=1S/C16H21ClN2O/c17-14-6-11-3-5-20-16(11)13(7-14)9-19-8-12-2-1-4-18-15(12)10-19/h6-7,12,15,18H,1-5,8-10H2/t12-,15+/m0/s1. The van der Waals surface area contributed by atoms with Gasteiger partial charge < -0.3 is 10.1 Å². The normalized spacial score (nSPS) is 29.1. The highest BCUT2D eigenvalue weighted by Crippen LogP contribution is 2.35. The molecular weight excluding hydrogens is 272 g/mol. The van der Waals surface area contributed by atoms with E-state index < -0.39 is 0 Å². The highest BCUT2D eigenvalue weighted by molar-refractivity contribution is 6.30. The van der Waals surface area contributed by atoms with Crippen LogP contribution in [0.2, 0.25) is 5.02 Å². The zero-order chi connectivity index (χ0) is 13.5. The number of hydrogen-bond donors (Lipinski definition) is 1. The van der Waals surface area contributed by atoms with Crippen LogP contribution in [0.5, 0.6) is 5.75 Å². The summed E-state index contributed by atoms with van der Waals surface area (Å²) in [5.74, 6) is 1.93. The highest BCUT2D eigenvalue weighted by Gasteiger charge is 2.34. The van der Waals surface area contributed by atoms with Gasteiger partial charge in [-0.05, 0) is 43.0 Å². The monoisotopic (exact) mass is 292 g/mol. The fraction of sp³-hybridized carbons (Fsp3) is 0.625. The van der Waals surface area contributed by atoms with Gasteiger partial charge in [0.15, 0.2) is 0 Å². The molecule has 3 nitrogen and oxygen atoms in total. The number of hydrogen-bond acceptors (Lipinski definition) is 3. The van der Waals surface area contributed by atoms with E-state index >= 15 is 0 Å². The lowest BCUT2D eigenvalue weighted by Crippen LogP contribution is -2.40. The molecule has 0 bridgehead atoms. The molecule has 1 aromatic carbocycles. The lowest BCUT2D eigenvalue weighted by molar-refractivity contribution is 0.300. The predicted molar refractivity (Wildman–Crippen MR) is 80.4 cm³/mol. The van der Waals surface area contributed by atoms with E-state index in [0.29, 0.717) is 6.04 Å². The van der Waals surface area contributed by atoms with Gasteiger partial charge in [-0.2, -0.15) is 0 Å². The smallest absolute Gasteiger partial charge is 0.127 e. The fourth-order valence-electron chi connectivity index (χ4n) is 3.97. The number of nitrogens with zero attached hydrogens (tertiary/aromatic N) is 1. The molecule has 20 heavy (non-hydrogen) atoms. The van der Waals surface area contributed by atoms with Gasteiger partial charge in [0.1, 0.15) is 5.75 Å². The minimum atomic E-state index is 0.692. The summed E-state index contributed by atoms with van der Waals surface area (Å²) in [4.78, 5) is 2.56. The average Bonchev–Trinajstić information content (AvgIpc) is 3.03. The number of piperidine rings is 1. The number of halogens is 1. The summed E-state index contributed by atoms with van der Waals surface area (Å²) in [5.41, 5.74) is 2.55. The molecule has 2 saturated heterocycles. The molecule has 0 aromatic heterocycles. The van der Waals surface area contributed by atoms with Gasteiger partial charge in [-0.1, -0.05) is 11.6 Å². The van der Waals surface area contributed by atoms with Gasteiger partial charge in [0.2, 0.25) is 0 Å². The van der Waals surface area contributed by atoms with Crippen LogP contribution in [0.4, 0.5) is 0 Å². The van der Waals surface area contributed by atoms with Crippen molar-refractivity contribution in [2.75, 3.05) is 26.2 Å². The number of benzene rings is 1. The van der Waals surface area contributed by atoms with Crippen molar-refractivity contribution in [1.29, 1.82) is 0 Å². The molecule has 3 heterocycles. The molecule has 4 rings (SSSR count). The Morgan fingerprint density at radius 1 is 1.35 bits per heavy atom. The van der Waals surface area contributed by atoms with Crippen molar-refractivity contribution in [1.82, 2.24) is 10.2 Å². The molecule has 4 heteroatoms. The van der Waals surface area contributed by atoms with Gasteiger partial charge in [-0.3, -0.25) is 4.90 Å². The van der Waals surface area contributed by atoms with Gasteiger partial charge in [-0.25, -0.2) is 0 Å². The summed E-state index contributed by atoms with van der Waals surface area (Å²) in [6.45, 7) is 5.32. The van der Waals surface area contributed by atoms with Gasteiger partial charge >= 0.3 is 0 Å². The van der Waals surface area contributed by atoms with E-state index in [4.69, 9.17) is 16.3 Å². The molecule has 1 N–H and O–H groups in total. The van der Waals surface area contributed by atoms with Crippen LogP contribution in [0.3, 0.4) is 0 Å². The zero-order valence-corrected chi connectivity index (χ0v) is 12.5. The first-order chi connectivity index (χ1) is 9.79. The average molecular weight is 293 g/mol. The Hall–Kier alpha value is -0.770. The molecule has 108 valence electrons. The molecule has 0 spiro atoms. The molecule has 0 aliphatic carbocycles. The Morgan fingerprint density at radius 2 is 2.30 bits per heavy atom. The summed E-state index contributed by atoms with van der Waals surface area (Å²) >= 11 is 6.25. The van der Waals surface area contributed by atoms with Crippen molar-refractivity contribution in [2.24, 2.45) is 5.92 Å². The van der Waals surface area contributed by atoms with Crippen LogP contribution >= 0.6 is 11.6 Å². The Morgan fingerprint density at radius 3 is 3.20 bits per heavy atom. The zero-order valence-electron chi connectivity index (χ0n) is 11.7. The first-order valence-electron chi connectivity index (χ1n) is 7.69. The predicted octanol–water partition coefficient (Wildman–Crippen LogP) is 2.46. The van der Waals surface area contributed by atoms with Gasteiger partial charge in [-0.15, -0.1) is 0 Å². The first-order valence-corrected chi connectivity index (χ1v) is 8.07. The maximum Gasteiger partial charge on any atom is 0.127 e. The third-order valence-electron chi connectivity index (χ3n) is 4.89. The Labute approximate surface area is 125 Å². The van der Waals surface area contributed by atoms with Crippen LogP contribution in [0, 0.1) is 5.92 Å². The topological polar surface area (TPSA) is 24.5 Å². The lowest BCUT2D eigenvalue weighted by atomic mass is 9.94. The fourth-order valence-corrected chi connectivity index (χ4v) is 4.23. The van der Waals surface area contributed by atoms with Crippen molar-refractivity contribution in [2.45, 2.75) is 31.8 Å². The van der Waals surface area contributed by atoms with Gasteiger partial charge in [0, 0.05) is 42.7 Å². The Kier molecular flexibility index (Phi) is 3.37. The van der Waals surface area contributed by atoms with Gasteiger partial charge in [0.25, 0.3) is 0 Å².